The minimum Gasteiger partial charge on any atom is -0.352 e. The van der Waals surface area contributed by atoms with Crippen LogP contribution in [0.1, 0.15) is 6.42 Å². The number of carbonyl (C=O) groups is 1. The van der Waals surface area contributed by atoms with E-state index >= 15 is 0 Å². The molecule has 1 saturated heterocycles. The van der Waals surface area contributed by atoms with Gasteiger partial charge in [-0.1, -0.05) is 0 Å². The van der Waals surface area contributed by atoms with Gasteiger partial charge < -0.3 is 14.3 Å². The summed E-state index contributed by atoms with van der Waals surface area (Å²) in [7, 11) is -0.460. The maximum Gasteiger partial charge on any atom is 0.209 e. The summed E-state index contributed by atoms with van der Waals surface area (Å²) in [6, 6.07) is 0. The third-order valence-corrected chi connectivity index (χ3v) is 1.98. The number of hydrogen-bond donors (Lipinski definition) is 1. The Labute approximate surface area is 61.1 Å². The van der Waals surface area contributed by atoms with Gasteiger partial charge in [0, 0.05) is 13.1 Å². The van der Waals surface area contributed by atoms with Gasteiger partial charge in [0.25, 0.3) is 0 Å². The monoisotopic (exact) mass is 163 g/mol. The smallest absolute Gasteiger partial charge is 0.209 e. The van der Waals surface area contributed by atoms with E-state index in [0.29, 0.717) is 6.54 Å². The lowest BCUT2D eigenvalue weighted by Gasteiger charge is -2.08. The van der Waals surface area contributed by atoms with Crippen molar-refractivity contribution in [3.05, 3.63) is 0 Å². The minimum atomic E-state index is -0.460. The summed E-state index contributed by atoms with van der Waals surface area (Å²) in [5.41, 5.74) is 0. The maximum atomic E-state index is 10.2. The van der Waals surface area contributed by atoms with Crippen molar-refractivity contribution in [3.8, 4) is 0 Å². The quantitative estimate of drug-likeness (QED) is 0.460. The average molecular weight is 163 g/mol. The van der Waals surface area contributed by atoms with Gasteiger partial charge in [0.05, 0.1) is 6.10 Å². The minimum absolute atomic E-state index is 0.0496. The summed E-state index contributed by atoms with van der Waals surface area (Å²) in [4.78, 5) is 20.2. The highest BCUT2D eigenvalue weighted by atomic mass is 31.1. The molecule has 1 amide bonds. The van der Waals surface area contributed by atoms with E-state index < -0.39 is 9.03 Å². The fourth-order valence-corrected chi connectivity index (χ4v) is 1.36. The number of amides is 1. The Balaban J connectivity index is 2.21. The van der Waals surface area contributed by atoms with E-state index in [-0.39, 0.29) is 6.10 Å². The summed E-state index contributed by atoms with van der Waals surface area (Å²) in [5.74, 6) is 0. The second-order valence-electron chi connectivity index (χ2n) is 2.22. The van der Waals surface area contributed by atoms with E-state index in [9.17, 15) is 4.79 Å². The van der Waals surface area contributed by atoms with Crippen molar-refractivity contribution >= 4 is 15.4 Å². The van der Waals surface area contributed by atoms with Crippen molar-refractivity contribution in [1.82, 2.24) is 4.90 Å². The molecule has 10 heavy (non-hydrogen) atoms. The molecule has 2 unspecified atom stereocenters. The molecule has 0 aliphatic carbocycles. The van der Waals surface area contributed by atoms with Gasteiger partial charge >= 0.3 is 0 Å². The summed E-state index contributed by atoms with van der Waals surface area (Å²) < 4.78 is 4.92. The lowest BCUT2D eigenvalue weighted by molar-refractivity contribution is -0.117. The summed E-state index contributed by atoms with van der Waals surface area (Å²) in [5, 5.41) is 0. The largest absolute Gasteiger partial charge is 0.352 e. The number of carbonyl (C=O) groups excluding carboxylic acids is 1. The van der Waals surface area contributed by atoms with Crippen LogP contribution in [0.3, 0.4) is 0 Å². The molecule has 0 radical (unpaired) electrons. The SMILES string of the molecule is O=CN1CCC(OPO)C1. The first-order valence-corrected chi connectivity index (χ1v) is 3.96. The molecule has 1 fully saturated rings. The predicted molar refractivity (Wildman–Crippen MR) is 37.7 cm³/mol. The van der Waals surface area contributed by atoms with Gasteiger partial charge in [0.15, 0.2) is 9.03 Å². The summed E-state index contributed by atoms with van der Waals surface area (Å²) >= 11 is 0. The van der Waals surface area contributed by atoms with Crippen LogP contribution in [0.25, 0.3) is 0 Å². The highest BCUT2D eigenvalue weighted by Gasteiger charge is 2.21. The normalized spacial score (nSPS) is 26.5. The average Bonchev–Trinajstić information content (AvgIpc) is 2.37. The van der Waals surface area contributed by atoms with Gasteiger partial charge in [-0.3, -0.25) is 4.79 Å². The molecule has 4 nitrogen and oxygen atoms in total. The van der Waals surface area contributed by atoms with Crippen LogP contribution in [0.4, 0.5) is 0 Å². The molecule has 0 aromatic rings. The van der Waals surface area contributed by atoms with Crippen LogP contribution in [0.2, 0.25) is 0 Å². The zero-order chi connectivity index (χ0) is 7.40. The molecule has 1 aliphatic heterocycles. The van der Waals surface area contributed by atoms with Gasteiger partial charge in [-0.2, -0.15) is 0 Å². The van der Waals surface area contributed by atoms with Crippen molar-refractivity contribution in [2.45, 2.75) is 12.5 Å². The van der Waals surface area contributed by atoms with Crippen LogP contribution in [0.15, 0.2) is 0 Å². The van der Waals surface area contributed by atoms with Gasteiger partial charge in [0.1, 0.15) is 0 Å². The molecule has 58 valence electrons. The van der Waals surface area contributed by atoms with Crippen molar-refractivity contribution < 1.29 is 14.2 Å². The van der Waals surface area contributed by atoms with E-state index in [1.54, 1.807) is 4.90 Å². The van der Waals surface area contributed by atoms with Crippen LogP contribution >= 0.6 is 9.03 Å². The summed E-state index contributed by atoms with van der Waals surface area (Å²) in [6.45, 7) is 1.37. The Morgan fingerprint density at radius 3 is 3.10 bits per heavy atom. The Morgan fingerprint density at radius 1 is 1.80 bits per heavy atom. The van der Waals surface area contributed by atoms with E-state index in [4.69, 9.17) is 9.42 Å². The van der Waals surface area contributed by atoms with E-state index in [1.165, 1.54) is 0 Å². The van der Waals surface area contributed by atoms with Gasteiger partial charge in [-0.25, -0.2) is 0 Å². The lowest BCUT2D eigenvalue weighted by atomic mass is 10.3. The molecule has 1 aliphatic rings. The third kappa shape index (κ3) is 1.90. The van der Waals surface area contributed by atoms with Crippen molar-refractivity contribution in [3.63, 3.8) is 0 Å². The van der Waals surface area contributed by atoms with Gasteiger partial charge in [0.2, 0.25) is 6.41 Å². The Morgan fingerprint density at radius 2 is 2.60 bits per heavy atom. The van der Waals surface area contributed by atoms with Crippen LogP contribution in [-0.4, -0.2) is 35.4 Å². The molecule has 0 aromatic carbocycles. The lowest BCUT2D eigenvalue weighted by Crippen LogP contribution is -2.20. The fourth-order valence-electron chi connectivity index (χ4n) is 1.02. The molecule has 1 heterocycles. The molecule has 1 rings (SSSR count). The number of nitrogens with zero attached hydrogens (tertiary/aromatic N) is 1. The number of likely N-dealkylation sites (tertiary alicyclic amines) is 1. The van der Waals surface area contributed by atoms with Crippen molar-refractivity contribution in [2.75, 3.05) is 13.1 Å². The highest BCUT2D eigenvalue weighted by Crippen LogP contribution is 2.17. The first-order chi connectivity index (χ1) is 4.86. The molecule has 0 bridgehead atoms. The standard InChI is InChI=1S/C5H10NO3P/c7-4-6-2-1-5(3-6)9-10-8/h4-5,8,10H,1-3H2. The molecule has 0 spiro atoms. The molecule has 5 heteroatoms. The number of hydrogen-bond acceptors (Lipinski definition) is 3. The molecule has 2 atom stereocenters. The van der Waals surface area contributed by atoms with Crippen LogP contribution in [-0.2, 0) is 9.32 Å². The van der Waals surface area contributed by atoms with Crippen LogP contribution < -0.4 is 0 Å². The Kier molecular flexibility index (Phi) is 3.06. The first kappa shape index (κ1) is 7.92. The Bertz CT molecular complexity index is 121. The van der Waals surface area contributed by atoms with Gasteiger partial charge in [-0.05, 0) is 6.42 Å². The molecular weight excluding hydrogens is 153 g/mol. The number of rotatable bonds is 3. The zero-order valence-electron chi connectivity index (χ0n) is 5.49. The third-order valence-electron chi connectivity index (χ3n) is 1.54. The van der Waals surface area contributed by atoms with Crippen LogP contribution in [0.5, 0.6) is 0 Å². The Hall–Kier alpha value is -0.180. The van der Waals surface area contributed by atoms with Crippen molar-refractivity contribution in [1.29, 1.82) is 0 Å². The summed E-state index contributed by atoms with van der Waals surface area (Å²) in [6.07, 6.45) is 1.70. The van der Waals surface area contributed by atoms with E-state index in [0.717, 1.165) is 19.4 Å². The predicted octanol–water partition coefficient (Wildman–Crippen LogP) is -0.266. The maximum absolute atomic E-state index is 10.2. The molecule has 0 saturated carbocycles. The van der Waals surface area contributed by atoms with Gasteiger partial charge in [-0.15, -0.1) is 0 Å². The molecule has 1 N–H and O–H groups in total. The van der Waals surface area contributed by atoms with E-state index in [1.807, 2.05) is 0 Å². The molecule has 0 aromatic heterocycles. The fraction of sp³-hybridized carbons (Fsp3) is 0.800. The molecular formula is C5H10NO3P. The van der Waals surface area contributed by atoms with Crippen LogP contribution in [0, 0.1) is 0 Å². The van der Waals surface area contributed by atoms with E-state index in [2.05, 4.69) is 0 Å². The second kappa shape index (κ2) is 3.86. The highest BCUT2D eigenvalue weighted by molar-refractivity contribution is 7.25. The second-order valence-corrected chi connectivity index (χ2v) is 2.64. The first-order valence-electron chi connectivity index (χ1n) is 3.11. The van der Waals surface area contributed by atoms with Crippen molar-refractivity contribution in [2.24, 2.45) is 0 Å². The zero-order valence-corrected chi connectivity index (χ0v) is 6.49. The topological polar surface area (TPSA) is 49.8 Å².